The molecule has 0 bridgehead atoms. The molecule has 0 aromatic heterocycles. The number of hydrogen-bond donors (Lipinski definition) is 2. The zero-order chi connectivity index (χ0) is 13.2. The quantitative estimate of drug-likeness (QED) is 0.640. The van der Waals surface area contributed by atoms with Crippen molar-refractivity contribution in [2.75, 3.05) is 52.4 Å². The van der Waals surface area contributed by atoms with E-state index in [1.807, 2.05) is 0 Å². The molecular weight excluding hydrogens is 226 g/mol. The van der Waals surface area contributed by atoms with Crippen LogP contribution in [0.2, 0.25) is 0 Å². The molecule has 18 heavy (non-hydrogen) atoms. The molecule has 0 aliphatic carbocycles. The summed E-state index contributed by atoms with van der Waals surface area (Å²) in [4.78, 5) is 5.08. The second-order valence-electron chi connectivity index (χ2n) is 5.31. The van der Waals surface area contributed by atoms with E-state index in [1.54, 1.807) is 0 Å². The highest BCUT2D eigenvalue weighted by Gasteiger charge is 2.16. The van der Waals surface area contributed by atoms with Crippen LogP contribution >= 0.6 is 0 Å². The van der Waals surface area contributed by atoms with Crippen LogP contribution in [0, 0.1) is 0 Å². The van der Waals surface area contributed by atoms with E-state index in [2.05, 4.69) is 29.0 Å². The van der Waals surface area contributed by atoms with Crippen molar-refractivity contribution in [1.82, 2.24) is 15.1 Å². The molecular formula is C14H31N3O. The Labute approximate surface area is 112 Å². The Balaban J connectivity index is 2.12. The van der Waals surface area contributed by atoms with Crippen molar-refractivity contribution in [3.05, 3.63) is 0 Å². The first-order valence-corrected chi connectivity index (χ1v) is 7.59. The van der Waals surface area contributed by atoms with Crippen molar-refractivity contribution in [3.63, 3.8) is 0 Å². The summed E-state index contributed by atoms with van der Waals surface area (Å²) in [6, 6.07) is 0.277. The lowest BCUT2D eigenvalue weighted by atomic mass is 10.2. The van der Waals surface area contributed by atoms with Crippen LogP contribution in [-0.4, -0.2) is 73.4 Å². The highest BCUT2D eigenvalue weighted by molar-refractivity contribution is 4.74. The van der Waals surface area contributed by atoms with Crippen LogP contribution in [0.5, 0.6) is 0 Å². The molecule has 4 nitrogen and oxygen atoms in total. The third-order valence-corrected chi connectivity index (χ3v) is 3.70. The van der Waals surface area contributed by atoms with Crippen molar-refractivity contribution in [1.29, 1.82) is 0 Å². The molecule has 1 unspecified atom stereocenters. The van der Waals surface area contributed by atoms with Gasteiger partial charge in [-0.1, -0.05) is 13.8 Å². The van der Waals surface area contributed by atoms with Gasteiger partial charge in [0.1, 0.15) is 0 Å². The summed E-state index contributed by atoms with van der Waals surface area (Å²) in [5.74, 6) is 0. The molecule has 0 saturated carbocycles. The summed E-state index contributed by atoms with van der Waals surface area (Å²) in [5, 5.41) is 12.7. The number of aliphatic hydroxyl groups is 1. The van der Waals surface area contributed by atoms with Crippen molar-refractivity contribution < 1.29 is 5.11 Å². The Hall–Kier alpha value is -0.160. The maximum atomic E-state index is 9.30. The summed E-state index contributed by atoms with van der Waals surface area (Å²) >= 11 is 0. The van der Waals surface area contributed by atoms with Gasteiger partial charge in [0.2, 0.25) is 0 Å². The van der Waals surface area contributed by atoms with Crippen LogP contribution in [0.15, 0.2) is 0 Å². The van der Waals surface area contributed by atoms with Crippen LogP contribution in [0.4, 0.5) is 0 Å². The van der Waals surface area contributed by atoms with Crippen molar-refractivity contribution in [3.8, 4) is 0 Å². The van der Waals surface area contributed by atoms with Crippen LogP contribution in [0.3, 0.4) is 0 Å². The normalized spacial score (nSPS) is 20.2. The Morgan fingerprint density at radius 1 is 1.00 bits per heavy atom. The number of nitrogens with zero attached hydrogens (tertiary/aromatic N) is 2. The van der Waals surface area contributed by atoms with Gasteiger partial charge in [0.15, 0.2) is 0 Å². The van der Waals surface area contributed by atoms with Gasteiger partial charge >= 0.3 is 0 Å². The minimum atomic E-state index is 0.260. The van der Waals surface area contributed by atoms with E-state index >= 15 is 0 Å². The molecule has 1 aliphatic rings. The summed E-state index contributed by atoms with van der Waals surface area (Å²) in [5.41, 5.74) is 0. The molecule has 4 heteroatoms. The number of rotatable bonds is 9. The van der Waals surface area contributed by atoms with Gasteiger partial charge in [-0.05, 0) is 38.9 Å². The molecule has 2 N–H and O–H groups in total. The second-order valence-corrected chi connectivity index (χ2v) is 5.31. The first-order chi connectivity index (χ1) is 8.80. The van der Waals surface area contributed by atoms with E-state index in [4.69, 9.17) is 0 Å². The standard InChI is InChI=1S/C14H31N3O/c1-3-6-15-14(13-18)5-8-17-11-9-16(7-4-2)10-12-17/h14-15,18H,3-13H2,1-2H3. The van der Waals surface area contributed by atoms with E-state index in [1.165, 1.54) is 39.1 Å². The van der Waals surface area contributed by atoms with Gasteiger partial charge in [-0.2, -0.15) is 0 Å². The van der Waals surface area contributed by atoms with E-state index in [-0.39, 0.29) is 12.6 Å². The zero-order valence-electron chi connectivity index (χ0n) is 12.2. The largest absolute Gasteiger partial charge is 0.395 e. The van der Waals surface area contributed by atoms with E-state index < -0.39 is 0 Å². The Kier molecular flexibility index (Phi) is 8.59. The first kappa shape index (κ1) is 15.9. The van der Waals surface area contributed by atoms with E-state index in [0.717, 1.165) is 25.9 Å². The van der Waals surface area contributed by atoms with Gasteiger partial charge in [-0.15, -0.1) is 0 Å². The molecule has 0 radical (unpaired) electrons. The highest BCUT2D eigenvalue weighted by Crippen LogP contribution is 2.04. The average Bonchev–Trinajstić information content (AvgIpc) is 2.41. The lowest BCUT2D eigenvalue weighted by Gasteiger charge is -2.35. The summed E-state index contributed by atoms with van der Waals surface area (Å²) in [6.07, 6.45) is 3.45. The summed E-state index contributed by atoms with van der Waals surface area (Å²) < 4.78 is 0. The maximum absolute atomic E-state index is 9.30. The van der Waals surface area contributed by atoms with Crippen molar-refractivity contribution in [2.24, 2.45) is 0 Å². The molecule has 1 fully saturated rings. The number of nitrogens with one attached hydrogen (secondary N) is 1. The fraction of sp³-hybridized carbons (Fsp3) is 1.00. The van der Waals surface area contributed by atoms with Gasteiger partial charge in [0, 0.05) is 32.2 Å². The average molecular weight is 257 g/mol. The lowest BCUT2D eigenvalue weighted by molar-refractivity contribution is 0.123. The highest BCUT2D eigenvalue weighted by atomic mass is 16.3. The van der Waals surface area contributed by atoms with Crippen LogP contribution in [0.1, 0.15) is 33.1 Å². The molecule has 1 heterocycles. The predicted octanol–water partition coefficient (Wildman–Crippen LogP) is 0.765. The molecule has 0 aromatic rings. The molecule has 1 rings (SSSR count). The third-order valence-electron chi connectivity index (χ3n) is 3.70. The summed E-state index contributed by atoms with van der Waals surface area (Å²) in [6.45, 7) is 12.8. The Morgan fingerprint density at radius 3 is 2.11 bits per heavy atom. The number of piperazine rings is 1. The number of hydrogen-bond acceptors (Lipinski definition) is 4. The first-order valence-electron chi connectivity index (χ1n) is 7.59. The molecule has 1 aliphatic heterocycles. The van der Waals surface area contributed by atoms with Crippen LogP contribution in [-0.2, 0) is 0 Å². The smallest absolute Gasteiger partial charge is 0.0585 e. The van der Waals surface area contributed by atoms with Gasteiger partial charge in [-0.25, -0.2) is 0 Å². The fourth-order valence-electron chi connectivity index (χ4n) is 2.50. The third kappa shape index (κ3) is 6.14. The zero-order valence-corrected chi connectivity index (χ0v) is 12.2. The second kappa shape index (κ2) is 9.73. The molecule has 1 saturated heterocycles. The van der Waals surface area contributed by atoms with Crippen molar-refractivity contribution in [2.45, 2.75) is 39.2 Å². The van der Waals surface area contributed by atoms with E-state index in [9.17, 15) is 5.11 Å². The fourth-order valence-corrected chi connectivity index (χ4v) is 2.50. The molecule has 108 valence electrons. The predicted molar refractivity (Wildman–Crippen MR) is 77.0 cm³/mol. The monoisotopic (exact) mass is 257 g/mol. The Bertz CT molecular complexity index is 193. The lowest BCUT2D eigenvalue weighted by Crippen LogP contribution is -2.47. The van der Waals surface area contributed by atoms with Gasteiger partial charge in [0.05, 0.1) is 6.61 Å². The minimum Gasteiger partial charge on any atom is -0.395 e. The van der Waals surface area contributed by atoms with Crippen LogP contribution < -0.4 is 5.32 Å². The molecule has 1 atom stereocenters. The van der Waals surface area contributed by atoms with Gasteiger partial charge in [0.25, 0.3) is 0 Å². The van der Waals surface area contributed by atoms with E-state index in [0.29, 0.717) is 0 Å². The minimum absolute atomic E-state index is 0.260. The molecule has 0 aromatic carbocycles. The van der Waals surface area contributed by atoms with Gasteiger partial charge in [-0.3, -0.25) is 0 Å². The van der Waals surface area contributed by atoms with Gasteiger partial charge < -0.3 is 20.2 Å². The molecule has 0 spiro atoms. The SMILES string of the molecule is CCCNC(CO)CCN1CCN(CCC)CC1. The Morgan fingerprint density at radius 2 is 1.61 bits per heavy atom. The summed E-state index contributed by atoms with van der Waals surface area (Å²) in [7, 11) is 0. The van der Waals surface area contributed by atoms with Crippen molar-refractivity contribution >= 4 is 0 Å². The maximum Gasteiger partial charge on any atom is 0.0585 e. The molecule has 0 amide bonds. The van der Waals surface area contributed by atoms with Crippen LogP contribution in [0.25, 0.3) is 0 Å². The number of aliphatic hydroxyl groups excluding tert-OH is 1. The topological polar surface area (TPSA) is 38.7 Å².